The minimum Gasteiger partial charge on any atom is -0.480 e. The van der Waals surface area contributed by atoms with Gasteiger partial charge in [-0.3, -0.25) is 4.98 Å². The maximum atomic E-state index is 9.09. The van der Waals surface area contributed by atoms with E-state index in [1.807, 2.05) is 12.1 Å². The summed E-state index contributed by atoms with van der Waals surface area (Å²) in [5.41, 5.74) is 0.980. The van der Waals surface area contributed by atoms with Crippen molar-refractivity contribution in [3.8, 4) is 16.5 Å². The van der Waals surface area contributed by atoms with E-state index in [1.165, 1.54) is 11.3 Å². The molecule has 5 heteroatoms. The Morgan fingerprint density at radius 2 is 2.13 bits per heavy atom. The Morgan fingerprint density at radius 1 is 1.40 bits per heavy atom. The lowest BCUT2D eigenvalue weighted by molar-refractivity contribution is 0.276. The molecule has 0 aliphatic carbocycles. The van der Waals surface area contributed by atoms with Gasteiger partial charge in [-0.05, 0) is 12.1 Å². The molecule has 0 radical (unpaired) electrons. The molecule has 0 saturated heterocycles. The number of hydrogen-bond donors (Lipinski definition) is 1. The van der Waals surface area contributed by atoms with E-state index in [0.29, 0.717) is 5.88 Å². The molecule has 78 valence electrons. The second-order valence-electron chi connectivity index (χ2n) is 2.85. The van der Waals surface area contributed by atoms with Crippen LogP contribution in [0.5, 0.6) is 5.88 Å². The molecule has 1 N–H and O–H groups in total. The van der Waals surface area contributed by atoms with Crippen LogP contribution in [0.4, 0.5) is 0 Å². The van der Waals surface area contributed by atoms with Crippen LogP contribution in [0.15, 0.2) is 24.5 Å². The van der Waals surface area contributed by atoms with Crippen molar-refractivity contribution in [1.29, 1.82) is 0 Å². The van der Waals surface area contributed by atoms with Crippen molar-refractivity contribution < 1.29 is 9.84 Å². The summed E-state index contributed by atoms with van der Waals surface area (Å²) in [6, 6.07) is 3.75. The molecule has 0 aliphatic heterocycles. The molecule has 2 aromatic rings. The largest absolute Gasteiger partial charge is 0.480 e. The summed E-state index contributed by atoms with van der Waals surface area (Å²) in [6.07, 6.45) is 3.42. The highest BCUT2D eigenvalue weighted by molar-refractivity contribution is 7.15. The van der Waals surface area contributed by atoms with E-state index in [1.54, 1.807) is 19.5 Å². The molecular weight excluding hydrogens is 212 g/mol. The van der Waals surface area contributed by atoms with Gasteiger partial charge in [-0.15, -0.1) is 11.3 Å². The van der Waals surface area contributed by atoms with Gasteiger partial charge >= 0.3 is 0 Å². The van der Waals surface area contributed by atoms with Crippen molar-refractivity contribution in [3.63, 3.8) is 0 Å². The molecule has 2 heterocycles. The first-order valence-corrected chi connectivity index (χ1v) is 5.21. The lowest BCUT2D eigenvalue weighted by atomic mass is 10.3. The van der Waals surface area contributed by atoms with Crippen molar-refractivity contribution in [1.82, 2.24) is 9.97 Å². The van der Waals surface area contributed by atoms with E-state index in [9.17, 15) is 0 Å². The summed E-state index contributed by atoms with van der Waals surface area (Å²) >= 11 is 1.42. The van der Waals surface area contributed by atoms with Gasteiger partial charge in [0.1, 0.15) is 5.01 Å². The normalized spacial score (nSPS) is 10.3. The van der Waals surface area contributed by atoms with E-state index < -0.39 is 0 Å². The molecule has 0 aliphatic rings. The van der Waals surface area contributed by atoms with E-state index in [2.05, 4.69) is 9.97 Å². The fraction of sp³-hybridized carbons (Fsp3) is 0.200. The average molecular weight is 222 g/mol. The van der Waals surface area contributed by atoms with E-state index >= 15 is 0 Å². The van der Waals surface area contributed by atoms with Crippen LogP contribution in [-0.2, 0) is 6.61 Å². The number of methoxy groups -OCH3 is 1. The van der Waals surface area contributed by atoms with Gasteiger partial charge in [0, 0.05) is 18.0 Å². The molecule has 0 fully saturated rings. The number of thiazole rings is 1. The first kappa shape index (κ1) is 10.1. The SMILES string of the molecule is COc1nc(-c2ccncc2)sc1CO. The minimum atomic E-state index is -0.0497. The fourth-order valence-electron chi connectivity index (χ4n) is 1.22. The molecule has 0 bridgehead atoms. The molecule has 0 aromatic carbocycles. The highest BCUT2D eigenvalue weighted by Gasteiger charge is 2.11. The van der Waals surface area contributed by atoms with Gasteiger partial charge < -0.3 is 9.84 Å². The molecule has 2 aromatic heterocycles. The average Bonchev–Trinajstić information content (AvgIpc) is 2.73. The van der Waals surface area contributed by atoms with Gasteiger partial charge in [-0.25, -0.2) is 4.98 Å². The zero-order valence-electron chi connectivity index (χ0n) is 8.17. The van der Waals surface area contributed by atoms with Crippen LogP contribution in [-0.4, -0.2) is 22.2 Å². The van der Waals surface area contributed by atoms with Crippen LogP contribution < -0.4 is 4.74 Å². The van der Waals surface area contributed by atoms with Crippen LogP contribution in [0.3, 0.4) is 0 Å². The van der Waals surface area contributed by atoms with E-state index in [4.69, 9.17) is 9.84 Å². The Bertz CT molecular complexity index is 420. The van der Waals surface area contributed by atoms with Crippen LogP contribution in [0.1, 0.15) is 4.88 Å². The molecule has 0 atom stereocenters. The van der Waals surface area contributed by atoms with Crippen molar-refractivity contribution in [3.05, 3.63) is 29.4 Å². The van der Waals surface area contributed by atoms with Crippen LogP contribution in [0, 0.1) is 0 Å². The van der Waals surface area contributed by atoms with Gasteiger partial charge in [0.25, 0.3) is 0 Å². The monoisotopic (exact) mass is 222 g/mol. The van der Waals surface area contributed by atoms with Gasteiger partial charge in [-0.1, -0.05) is 0 Å². The third-order valence-corrected chi connectivity index (χ3v) is 3.00. The Balaban J connectivity index is 2.42. The maximum Gasteiger partial charge on any atom is 0.230 e. The van der Waals surface area contributed by atoms with Crippen molar-refractivity contribution in [2.75, 3.05) is 7.11 Å². The molecule has 0 unspecified atom stereocenters. The lowest BCUT2D eigenvalue weighted by Gasteiger charge is -1.94. The topological polar surface area (TPSA) is 55.2 Å². The Kier molecular flexibility index (Phi) is 2.94. The first-order chi connectivity index (χ1) is 7.35. The van der Waals surface area contributed by atoms with Crippen molar-refractivity contribution >= 4 is 11.3 Å². The van der Waals surface area contributed by atoms with Crippen LogP contribution >= 0.6 is 11.3 Å². The number of hydrogen-bond acceptors (Lipinski definition) is 5. The first-order valence-electron chi connectivity index (χ1n) is 4.40. The summed E-state index contributed by atoms with van der Waals surface area (Å²) in [7, 11) is 1.55. The summed E-state index contributed by atoms with van der Waals surface area (Å²) in [6.45, 7) is -0.0497. The summed E-state index contributed by atoms with van der Waals surface area (Å²) < 4.78 is 5.06. The summed E-state index contributed by atoms with van der Waals surface area (Å²) in [5, 5.41) is 9.92. The summed E-state index contributed by atoms with van der Waals surface area (Å²) in [4.78, 5) is 8.96. The van der Waals surface area contributed by atoms with E-state index in [-0.39, 0.29) is 6.61 Å². The van der Waals surface area contributed by atoms with Crippen molar-refractivity contribution in [2.45, 2.75) is 6.61 Å². The number of nitrogens with zero attached hydrogens (tertiary/aromatic N) is 2. The molecule has 0 amide bonds. The van der Waals surface area contributed by atoms with Gasteiger partial charge in [0.05, 0.1) is 18.6 Å². The standard InChI is InChI=1S/C10H10N2O2S/c1-14-9-8(6-13)15-10(12-9)7-2-4-11-5-3-7/h2-5,13H,6H2,1H3. The third-order valence-electron chi connectivity index (χ3n) is 1.93. The quantitative estimate of drug-likeness (QED) is 0.858. The predicted molar refractivity (Wildman–Crippen MR) is 57.8 cm³/mol. The molecular formula is C10H10N2O2S. The van der Waals surface area contributed by atoms with Crippen LogP contribution in [0.25, 0.3) is 10.6 Å². The minimum absolute atomic E-state index is 0.0497. The van der Waals surface area contributed by atoms with Gasteiger partial charge in [0.15, 0.2) is 0 Å². The number of aromatic nitrogens is 2. The zero-order chi connectivity index (χ0) is 10.7. The summed E-state index contributed by atoms with van der Waals surface area (Å²) in [5.74, 6) is 0.495. The number of aliphatic hydroxyl groups excluding tert-OH is 1. The number of ether oxygens (including phenoxy) is 1. The fourth-order valence-corrected chi connectivity index (χ4v) is 2.11. The second-order valence-corrected chi connectivity index (χ2v) is 3.93. The molecule has 15 heavy (non-hydrogen) atoms. The Labute approximate surface area is 91.2 Å². The van der Waals surface area contributed by atoms with Gasteiger partial charge in [-0.2, -0.15) is 0 Å². The zero-order valence-corrected chi connectivity index (χ0v) is 8.99. The molecule has 0 spiro atoms. The predicted octanol–water partition coefficient (Wildman–Crippen LogP) is 1.71. The lowest BCUT2D eigenvalue weighted by Crippen LogP contribution is -1.87. The second kappa shape index (κ2) is 4.37. The van der Waals surface area contributed by atoms with Crippen molar-refractivity contribution in [2.24, 2.45) is 0 Å². The maximum absolute atomic E-state index is 9.09. The smallest absolute Gasteiger partial charge is 0.230 e. The third kappa shape index (κ3) is 1.98. The molecule has 2 rings (SSSR count). The highest BCUT2D eigenvalue weighted by Crippen LogP contribution is 2.31. The number of aliphatic hydroxyl groups is 1. The van der Waals surface area contributed by atoms with E-state index in [0.717, 1.165) is 15.4 Å². The molecule has 4 nitrogen and oxygen atoms in total. The van der Waals surface area contributed by atoms with Gasteiger partial charge in [0.2, 0.25) is 5.88 Å². The number of rotatable bonds is 3. The molecule has 0 saturated carbocycles. The highest BCUT2D eigenvalue weighted by atomic mass is 32.1. The number of pyridine rings is 1. The Hall–Kier alpha value is -1.46. The Morgan fingerprint density at radius 3 is 2.67 bits per heavy atom. The van der Waals surface area contributed by atoms with Crippen LogP contribution in [0.2, 0.25) is 0 Å².